The van der Waals surface area contributed by atoms with Crippen LogP contribution in [0.15, 0.2) is 29.2 Å². The van der Waals surface area contributed by atoms with Gasteiger partial charge < -0.3 is 9.84 Å². The summed E-state index contributed by atoms with van der Waals surface area (Å²) < 4.78 is 27.7. The number of carboxylic acids is 1. The monoisotopic (exact) mass is 314 g/mol. The Morgan fingerprint density at radius 2 is 2.05 bits per heavy atom. The van der Waals surface area contributed by atoms with Crippen LogP contribution < -0.4 is 9.88 Å². The van der Waals surface area contributed by atoms with E-state index >= 15 is 0 Å². The van der Waals surface area contributed by atoms with E-state index in [1.807, 2.05) is 4.90 Å². The maximum Gasteiger partial charge on any atom is 0.320 e. The molecule has 116 valence electrons. The van der Waals surface area contributed by atoms with E-state index in [9.17, 15) is 13.2 Å². The first-order valence-corrected chi connectivity index (χ1v) is 8.15. The first-order valence-electron chi connectivity index (χ1n) is 6.60. The molecular formula is C13H18N2O5S. The molecule has 0 aliphatic carbocycles. The molecule has 1 fully saturated rings. The zero-order valence-electron chi connectivity index (χ0n) is 11.4. The molecule has 0 bridgehead atoms. The molecular weight excluding hydrogens is 296 g/mol. The third-order valence-electron chi connectivity index (χ3n) is 3.45. The lowest BCUT2D eigenvalue weighted by atomic mass is 10.2. The van der Waals surface area contributed by atoms with Crippen LogP contribution in [-0.4, -0.2) is 50.1 Å². The number of hydrogen-bond donors (Lipinski definition) is 2. The van der Waals surface area contributed by atoms with Gasteiger partial charge in [0, 0.05) is 6.54 Å². The number of primary sulfonamides is 1. The third-order valence-corrected chi connectivity index (χ3v) is 4.38. The number of nitrogens with two attached hydrogens (primary N) is 1. The molecule has 1 aliphatic heterocycles. The number of aliphatic carboxylic acids is 1. The Morgan fingerprint density at radius 3 is 2.62 bits per heavy atom. The highest BCUT2D eigenvalue weighted by Crippen LogP contribution is 2.18. The Kier molecular flexibility index (Phi) is 4.81. The molecule has 3 N–H and O–H groups in total. The lowest BCUT2D eigenvalue weighted by Gasteiger charge is -2.20. The predicted octanol–water partition coefficient (Wildman–Crippen LogP) is 0.262. The second-order valence-corrected chi connectivity index (χ2v) is 6.46. The first-order chi connectivity index (χ1) is 9.88. The highest BCUT2D eigenvalue weighted by atomic mass is 32.2. The van der Waals surface area contributed by atoms with Crippen LogP contribution in [0, 0.1) is 0 Å². The van der Waals surface area contributed by atoms with Crippen molar-refractivity contribution in [1.82, 2.24) is 4.90 Å². The van der Waals surface area contributed by atoms with Gasteiger partial charge in [0.05, 0.1) is 4.90 Å². The molecule has 1 aromatic carbocycles. The third kappa shape index (κ3) is 4.16. The summed E-state index contributed by atoms with van der Waals surface area (Å²) in [4.78, 5) is 12.9. The van der Waals surface area contributed by atoms with Crippen molar-refractivity contribution in [2.45, 2.75) is 23.8 Å². The van der Waals surface area contributed by atoms with Gasteiger partial charge in [0.2, 0.25) is 10.0 Å². The summed E-state index contributed by atoms with van der Waals surface area (Å²) in [6.45, 7) is 1.62. The molecule has 1 atom stereocenters. The molecule has 2 rings (SSSR count). The van der Waals surface area contributed by atoms with Gasteiger partial charge in [-0.3, -0.25) is 9.69 Å². The number of carboxylic acid groups (broad SMARTS) is 1. The maximum absolute atomic E-state index is 11.1. The molecule has 1 saturated heterocycles. The van der Waals surface area contributed by atoms with E-state index in [4.69, 9.17) is 15.0 Å². The summed E-state index contributed by atoms with van der Waals surface area (Å²) in [6, 6.07) is 5.37. The van der Waals surface area contributed by atoms with Crippen LogP contribution >= 0.6 is 0 Å². The first kappa shape index (κ1) is 15.7. The summed E-state index contributed by atoms with van der Waals surface area (Å²) in [5, 5.41) is 14.1. The van der Waals surface area contributed by atoms with Crippen molar-refractivity contribution in [3.8, 4) is 5.75 Å². The summed E-state index contributed by atoms with van der Waals surface area (Å²) >= 11 is 0. The highest BCUT2D eigenvalue weighted by Gasteiger charge is 2.29. The normalized spacial score (nSPS) is 19.6. The van der Waals surface area contributed by atoms with Crippen molar-refractivity contribution >= 4 is 16.0 Å². The smallest absolute Gasteiger partial charge is 0.320 e. The number of carbonyl (C=O) groups is 1. The Hall–Kier alpha value is -1.64. The van der Waals surface area contributed by atoms with Crippen molar-refractivity contribution in [2.24, 2.45) is 5.14 Å². The fourth-order valence-electron chi connectivity index (χ4n) is 2.38. The Bertz CT molecular complexity index is 599. The van der Waals surface area contributed by atoms with E-state index in [-0.39, 0.29) is 4.90 Å². The quantitative estimate of drug-likeness (QED) is 0.779. The maximum atomic E-state index is 11.1. The predicted molar refractivity (Wildman–Crippen MR) is 75.5 cm³/mol. The number of likely N-dealkylation sites (tertiary alicyclic amines) is 1. The van der Waals surface area contributed by atoms with Crippen LogP contribution in [0.5, 0.6) is 5.75 Å². The molecule has 1 aliphatic rings. The van der Waals surface area contributed by atoms with Crippen molar-refractivity contribution < 1.29 is 23.1 Å². The van der Waals surface area contributed by atoms with Gasteiger partial charge in [-0.15, -0.1) is 0 Å². The minimum atomic E-state index is -3.70. The number of rotatable bonds is 6. The van der Waals surface area contributed by atoms with Gasteiger partial charge >= 0.3 is 5.97 Å². The standard InChI is InChI=1S/C13H18N2O5S/c14-21(18,19)11-5-3-10(4-6-11)20-9-8-15-7-1-2-12(15)13(16)17/h3-6,12H,1-2,7-9H2,(H,16,17)(H2,14,18,19). The molecule has 1 aromatic rings. The minimum absolute atomic E-state index is 0.0281. The summed E-state index contributed by atoms with van der Waals surface area (Å²) in [5.74, 6) is -0.279. The Balaban J connectivity index is 1.85. The van der Waals surface area contributed by atoms with E-state index in [2.05, 4.69) is 0 Å². The van der Waals surface area contributed by atoms with Crippen molar-refractivity contribution in [2.75, 3.05) is 19.7 Å². The molecule has 21 heavy (non-hydrogen) atoms. The minimum Gasteiger partial charge on any atom is -0.492 e. The summed E-state index contributed by atoms with van der Waals surface area (Å²) in [6.07, 6.45) is 1.54. The van der Waals surface area contributed by atoms with Gasteiger partial charge in [-0.2, -0.15) is 0 Å². The molecule has 0 saturated carbocycles. The molecule has 8 heteroatoms. The number of sulfonamides is 1. The van der Waals surface area contributed by atoms with Crippen molar-refractivity contribution in [1.29, 1.82) is 0 Å². The van der Waals surface area contributed by atoms with E-state index in [1.165, 1.54) is 24.3 Å². The van der Waals surface area contributed by atoms with Crippen molar-refractivity contribution in [3.05, 3.63) is 24.3 Å². The molecule has 0 amide bonds. The summed E-state index contributed by atoms with van der Waals surface area (Å²) in [7, 11) is -3.70. The zero-order valence-corrected chi connectivity index (χ0v) is 12.3. The molecule has 7 nitrogen and oxygen atoms in total. The number of hydrogen-bond acceptors (Lipinski definition) is 5. The Labute approximate surface area is 123 Å². The Morgan fingerprint density at radius 1 is 1.38 bits per heavy atom. The fourth-order valence-corrected chi connectivity index (χ4v) is 2.90. The SMILES string of the molecule is NS(=O)(=O)c1ccc(OCCN2CCCC2C(=O)O)cc1. The second kappa shape index (κ2) is 6.42. The van der Waals surface area contributed by atoms with Crippen molar-refractivity contribution in [3.63, 3.8) is 0 Å². The van der Waals surface area contributed by atoms with Gasteiger partial charge in [0.25, 0.3) is 0 Å². The van der Waals surface area contributed by atoms with E-state index in [0.29, 0.717) is 25.3 Å². The van der Waals surface area contributed by atoms with Crippen LogP contribution in [0.4, 0.5) is 0 Å². The lowest BCUT2D eigenvalue weighted by Crippen LogP contribution is -2.38. The number of nitrogens with zero attached hydrogens (tertiary/aromatic N) is 1. The van der Waals surface area contributed by atoms with Gasteiger partial charge in [0.1, 0.15) is 18.4 Å². The van der Waals surface area contributed by atoms with E-state index in [0.717, 1.165) is 13.0 Å². The van der Waals surface area contributed by atoms with Crippen LogP contribution in [0.25, 0.3) is 0 Å². The topological polar surface area (TPSA) is 110 Å². The lowest BCUT2D eigenvalue weighted by molar-refractivity contribution is -0.142. The average molecular weight is 314 g/mol. The van der Waals surface area contributed by atoms with Gasteiger partial charge in [-0.1, -0.05) is 0 Å². The molecule has 1 heterocycles. The van der Waals surface area contributed by atoms with Gasteiger partial charge in [-0.05, 0) is 43.7 Å². The van der Waals surface area contributed by atoms with Gasteiger partial charge in [0.15, 0.2) is 0 Å². The average Bonchev–Trinajstić information content (AvgIpc) is 2.87. The largest absolute Gasteiger partial charge is 0.492 e. The van der Waals surface area contributed by atoms with Crippen LogP contribution in [-0.2, 0) is 14.8 Å². The molecule has 0 aromatic heterocycles. The zero-order chi connectivity index (χ0) is 15.5. The number of ether oxygens (including phenoxy) is 1. The second-order valence-electron chi connectivity index (χ2n) is 4.90. The molecule has 0 spiro atoms. The van der Waals surface area contributed by atoms with Gasteiger partial charge in [-0.25, -0.2) is 13.6 Å². The molecule has 0 radical (unpaired) electrons. The van der Waals surface area contributed by atoms with Crippen LogP contribution in [0.1, 0.15) is 12.8 Å². The van der Waals surface area contributed by atoms with E-state index < -0.39 is 22.0 Å². The van der Waals surface area contributed by atoms with E-state index in [1.54, 1.807) is 0 Å². The summed E-state index contributed by atoms with van der Waals surface area (Å²) in [5.41, 5.74) is 0. The van der Waals surface area contributed by atoms with Crippen LogP contribution in [0.2, 0.25) is 0 Å². The fraction of sp³-hybridized carbons (Fsp3) is 0.462. The highest BCUT2D eigenvalue weighted by molar-refractivity contribution is 7.89. The van der Waals surface area contributed by atoms with Crippen LogP contribution in [0.3, 0.4) is 0 Å². The molecule has 1 unspecified atom stereocenters. The number of benzene rings is 1.